The molecule has 0 spiro atoms. The summed E-state index contributed by atoms with van der Waals surface area (Å²) in [6, 6.07) is 10.5. The summed E-state index contributed by atoms with van der Waals surface area (Å²) in [6.07, 6.45) is 1.77. The second-order valence-electron chi connectivity index (χ2n) is 10.6. The van der Waals surface area contributed by atoms with E-state index in [-0.39, 0.29) is 47.7 Å². The molecular formula is C28H34N4O6S. The van der Waals surface area contributed by atoms with E-state index in [2.05, 4.69) is 5.32 Å². The van der Waals surface area contributed by atoms with Gasteiger partial charge in [0.15, 0.2) is 15.6 Å². The highest BCUT2D eigenvalue weighted by Gasteiger charge is 2.52. The number of hydrogen-bond acceptors (Lipinski definition) is 7. The molecule has 2 aliphatic heterocycles. The highest BCUT2D eigenvalue weighted by Crippen LogP contribution is 2.32. The van der Waals surface area contributed by atoms with E-state index in [0.717, 1.165) is 11.8 Å². The maximum atomic E-state index is 13.7. The average Bonchev–Trinajstić information content (AvgIpc) is 3.48. The Balaban J connectivity index is 1.55. The van der Waals surface area contributed by atoms with Crippen LogP contribution in [0.5, 0.6) is 0 Å². The van der Waals surface area contributed by atoms with Gasteiger partial charge in [0.1, 0.15) is 12.1 Å². The summed E-state index contributed by atoms with van der Waals surface area (Å²) >= 11 is 0. The number of ketones is 1. The third kappa shape index (κ3) is 5.89. The SMILES string of the molecule is CC(C)C[C@H](NC(=O)c1cccc(CN)c1)C(=O)N1CCC2C1C(=O)CN2C(=O)c1ccccc1S(C)(=O)=O. The first-order chi connectivity index (χ1) is 18.4. The van der Waals surface area contributed by atoms with Crippen LogP contribution >= 0.6 is 0 Å². The van der Waals surface area contributed by atoms with E-state index in [9.17, 15) is 27.6 Å². The molecule has 0 aromatic heterocycles. The van der Waals surface area contributed by atoms with Crippen LogP contribution in [-0.4, -0.2) is 79.2 Å². The van der Waals surface area contributed by atoms with Gasteiger partial charge in [-0.15, -0.1) is 0 Å². The van der Waals surface area contributed by atoms with E-state index in [4.69, 9.17) is 5.73 Å². The Bertz CT molecular complexity index is 1410. The molecule has 2 fully saturated rings. The number of carbonyl (C=O) groups is 4. The molecule has 3 amide bonds. The maximum Gasteiger partial charge on any atom is 0.255 e. The van der Waals surface area contributed by atoms with E-state index in [0.29, 0.717) is 18.4 Å². The number of Topliss-reactive ketones (excluding diaryl/α,β-unsaturated/α-hetero) is 1. The van der Waals surface area contributed by atoms with Crippen molar-refractivity contribution >= 4 is 33.3 Å². The molecule has 39 heavy (non-hydrogen) atoms. The zero-order chi connectivity index (χ0) is 28.5. The Morgan fingerprint density at radius 3 is 2.46 bits per heavy atom. The second kappa shape index (κ2) is 11.3. The fourth-order valence-electron chi connectivity index (χ4n) is 5.43. The molecular weight excluding hydrogens is 520 g/mol. The van der Waals surface area contributed by atoms with Gasteiger partial charge in [0.25, 0.3) is 11.8 Å². The van der Waals surface area contributed by atoms with Crippen LogP contribution in [0.15, 0.2) is 53.4 Å². The van der Waals surface area contributed by atoms with Crippen LogP contribution in [0.2, 0.25) is 0 Å². The molecule has 11 heteroatoms. The lowest BCUT2D eigenvalue weighted by atomic mass is 10.0. The summed E-state index contributed by atoms with van der Waals surface area (Å²) in [5.41, 5.74) is 6.87. The largest absolute Gasteiger partial charge is 0.340 e. The molecule has 3 N–H and O–H groups in total. The van der Waals surface area contributed by atoms with Crippen molar-refractivity contribution in [2.24, 2.45) is 11.7 Å². The highest BCUT2D eigenvalue weighted by molar-refractivity contribution is 7.90. The van der Waals surface area contributed by atoms with E-state index >= 15 is 0 Å². The van der Waals surface area contributed by atoms with Gasteiger partial charge >= 0.3 is 0 Å². The van der Waals surface area contributed by atoms with Gasteiger partial charge in [0.2, 0.25) is 5.91 Å². The van der Waals surface area contributed by atoms with Crippen molar-refractivity contribution < 1.29 is 27.6 Å². The van der Waals surface area contributed by atoms with Crippen LogP contribution in [0, 0.1) is 5.92 Å². The second-order valence-corrected chi connectivity index (χ2v) is 12.5. The van der Waals surface area contributed by atoms with Gasteiger partial charge in [0, 0.05) is 24.9 Å². The van der Waals surface area contributed by atoms with E-state index in [1.807, 2.05) is 19.9 Å². The molecule has 2 saturated heterocycles. The zero-order valence-electron chi connectivity index (χ0n) is 22.3. The van der Waals surface area contributed by atoms with Crippen LogP contribution in [0.25, 0.3) is 0 Å². The Morgan fingerprint density at radius 1 is 1.08 bits per heavy atom. The smallest absolute Gasteiger partial charge is 0.255 e. The number of likely N-dealkylation sites (tertiary alicyclic amines) is 2. The fraction of sp³-hybridized carbons (Fsp3) is 0.429. The molecule has 0 bridgehead atoms. The molecule has 2 unspecified atom stereocenters. The summed E-state index contributed by atoms with van der Waals surface area (Å²) in [7, 11) is -3.67. The minimum atomic E-state index is -3.67. The van der Waals surface area contributed by atoms with E-state index in [1.165, 1.54) is 28.0 Å². The minimum absolute atomic E-state index is 0.00267. The lowest BCUT2D eigenvalue weighted by Crippen LogP contribution is -2.53. The predicted octanol–water partition coefficient (Wildman–Crippen LogP) is 1.39. The number of nitrogens with zero attached hydrogens (tertiary/aromatic N) is 2. The van der Waals surface area contributed by atoms with Crippen molar-refractivity contribution in [1.82, 2.24) is 15.1 Å². The lowest BCUT2D eigenvalue weighted by molar-refractivity contribution is -0.138. The Kier molecular flexibility index (Phi) is 8.22. The molecule has 2 heterocycles. The topological polar surface area (TPSA) is 147 Å². The van der Waals surface area contributed by atoms with Crippen molar-refractivity contribution in [3.63, 3.8) is 0 Å². The number of sulfone groups is 1. The number of fused-ring (bicyclic) bond motifs is 1. The summed E-state index contributed by atoms with van der Waals surface area (Å²) in [6.45, 7) is 4.18. The first kappa shape index (κ1) is 28.4. The Hall–Kier alpha value is -3.57. The lowest BCUT2D eigenvalue weighted by Gasteiger charge is -2.29. The summed E-state index contributed by atoms with van der Waals surface area (Å²) < 4.78 is 24.5. The number of carbonyl (C=O) groups excluding carboxylic acids is 4. The summed E-state index contributed by atoms with van der Waals surface area (Å²) in [5, 5.41) is 2.84. The molecule has 0 aliphatic carbocycles. The third-order valence-corrected chi connectivity index (χ3v) is 8.37. The predicted molar refractivity (Wildman–Crippen MR) is 145 cm³/mol. The van der Waals surface area contributed by atoms with Gasteiger partial charge in [0.05, 0.1) is 23.0 Å². The van der Waals surface area contributed by atoms with Crippen LogP contribution < -0.4 is 11.1 Å². The van der Waals surface area contributed by atoms with Gasteiger partial charge in [-0.1, -0.05) is 38.1 Å². The summed E-state index contributed by atoms with van der Waals surface area (Å²) in [5.74, 6) is -1.55. The molecule has 2 aliphatic rings. The molecule has 0 saturated carbocycles. The van der Waals surface area contributed by atoms with Crippen molar-refractivity contribution in [1.29, 1.82) is 0 Å². The van der Waals surface area contributed by atoms with Gasteiger partial charge in [-0.25, -0.2) is 8.42 Å². The monoisotopic (exact) mass is 554 g/mol. The third-order valence-electron chi connectivity index (χ3n) is 7.22. The highest BCUT2D eigenvalue weighted by atomic mass is 32.2. The fourth-order valence-corrected chi connectivity index (χ4v) is 6.32. The van der Waals surface area contributed by atoms with E-state index < -0.39 is 39.8 Å². The molecule has 0 radical (unpaired) electrons. The van der Waals surface area contributed by atoms with Crippen LogP contribution in [0.4, 0.5) is 0 Å². The Morgan fingerprint density at radius 2 is 1.79 bits per heavy atom. The quantitative estimate of drug-likeness (QED) is 0.501. The van der Waals surface area contributed by atoms with Crippen molar-refractivity contribution in [2.45, 2.75) is 56.3 Å². The van der Waals surface area contributed by atoms with Gasteiger partial charge in [-0.2, -0.15) is 0 Å². The molecule has 10 nitrogen and oxygen atoms in total. The van der Waals surface area contributed by atoms with Gasteiger partial charge < -0.3 is 20.9 Å². The zero-order valence-corrected chi connectivity index (χ0v) is 23.1. The summed E-state index contributed by atoms with van der Waals surface area (Å²) in [4.78, 5) is 56.1. The molecule has 3 atom stereocenters. The first-order valence-electron chi connectivity index (χ1n) is 13.0. The molecule has 2 aromatic carbocycles. The van der Waals surface area contributed by atoms with E-state index in [1.54, 1.807) is 24.3 Å². The number of nitrogens with one attached hydrogen (secondary N) is 1. The molecule has 4 rings (SSSR count). The van der Waals surface area contributed by atoms with Crippen molar-refractivity contribution in [3.8, 4) is 0 Å². The van der Waals surface area contributed by atoms with Crippen molar-refractivity contribution in [3.05, 3.63) is 65.2 Å². The number of hydrogen-bond donors (Lipinski definition) is 2. The van der Waals surface area contributed by atoms with Gasteiger partial charge in [-0.3, -0.25) is 19.2 Å². The van der Waals surface area contributed by atoms with Gasteiger partial charge in [-0.05, 0) is 48.6 Å². The number of benzene rings is 2. The molecule has 208 valence electrons. The average molecular weight is 555 g/mol. The van der Waals surface area contributed by atoms with Crippen LogP contribution in [0.1, 0.15) is 53.0 Å². The minimum Gasteiger partial charge on any atom is -0.340 e. The van der Waals surface area contributed by atoms with Crippen molar-refractivity contribution in [2.75, 3.05) is 19.3 Å². The normalized spacial score (nSPS) is 19.8. The molecule has 2 aromatic rings. The first-order valence-corrected chi connectivity index (χ1v) is 14.8. The maximum absolute atomic E-state index is 13.7. The standard InChI is InChI=1S/C28H34N4O6S/c1-17(2)13-21(30-26(34)19-8-6-7-18(14-19)15-29)28(36)31-12-11-22-25(31)23(33)16-32(22)27(35)20-9-4-5-10-24(20)39(3,37)38/h4-10,14,17,21-22,25H,11-13,15-16,29H2,1-3H3,(H,30,34)/t21-,22?,25?/m0/s1. The number of amides is 3. The van der Waals surface area contributed by atoms with Crippen LogP contribution in [0.3, 0.4) is 0 Å². The Labute approximate surface area is 228 Å². The van der Waals surface area contributed by atoms with Crippen LogP contribution in [-0.2, 0) is 26.0 Å². The number of rotatable bonds is 8. The number of nitrogens with two attached hydrogens (primary N) is 1.